The second-order valence-corrected chi connectivity index (χ2v) is 4.76. The zero-order valence-electron chi connectivity index (χ0n) is 14.6. The molecule has 0 radical (unpaired) electrons. The van der Waals surface area contributed by atoms with E-state index in [0.717, 1.165) is 0 Å². The third kappa shape index (κ3) is 11.5. The Morgan fingerprint density at radius 3 is 1.11 bits per heavy atom. The summed E-state index contributed by atoms with van der Waals surface area (Å²) in [4.78, 5) is 46.4. The fourth-order valence-electron chi connectivity index (χ4n) is 1.78. The van der Waals surface area contributed by atoms with Crippen molar-refractivity contribution in [2.45, 2.75) is 12.8 Å². The van der Waals surface area contributed by atoms with E-state index in [4.69, 9.17) is 0 Å². The maximum atomic E-state index is 11.6. The first kappa shape index (κ1) is 32.2. The van der Waals surface area contributed by atoms with E-state index < -0.39 is 23.9 Å². The van der Waals surface area contributed by atoms with Gasteiger partial charge in [-0.15, -0.1) is 0 Å². The molecule has 0 saturated carbocycles. The molecule has 0 bridgehead atoms. The molecule has 0 aliphatic heterocycles. The largest absolute Gasteiger partial charge is 0.389 e. The summed E-state index contributed by atoms with van der Waals surface area (Å²) in [5.41, 5.74) is 0.459. The molecule has 2 aromatic rings. The van der Waals surface area contributed by atoms with Gasteiger partial charge < -0.3 is 9.47 Å². The molecule has 138 valence electrons. The molecule has 0 saturated heterocycles. The normalized spacial score (nSPS) is 8.43. The number of benzene rings is 2. The molecule has 0 heterocycles. The minimum Gasteiger partial charge on any atom is -0.389 e. The zero-order chi connectivity index (χ0) is 17.4. The number of ether oxygens (including phenoxy) is 2. The van der Waals surface area contributed by atoms with E-state index in [-0.39, 0.29) is 111 Å². The molecule has 0 aromatic heterocycles. The van der Waals surface area contributed by atoms with Crippen molar-refractivity contribution in [2.75, 3.05) is 0 Å². The Morgan fingerprint density at radius 2 is 0.821 bits per heavy atom. The SMILES string of the molecule is O=C(CCC(=O)OC(=O)c1ccccc1)OC(=O)c1ccccc1.[Ti].[Ti].[Ti].[Ti]. The molecule has 0 N–H and O–H groups in total. The molecule has 2 rings (SSSR count). The fraction of sp³-hybridized carbons (Fsp3) is 0.111. The number of hydrogen-bond donors (Lipinski definition) is 0. The van der Waals surface area contributed by atoms with Crippen LogP contribution in [0.3, 0.4) is 0 Å². The van der Waals surface area contributed by atoms with Gasteiger partial charge in [0.05, 0.1) is 24.0 Å². The van der Waals surface area contributed by atoms with Gasteiger partial charge in [-0.25, -0.2) is 9.59 Å². The van der Waals surface area contributed by atoms with Gasteiger partial charge in [0, 0.05) is 86.9 Å². The molecular formula is C18H14O6Ti4. The number of carbonyl (C=O) groups is 4. The van der Waals surface area contributed by atoms with E-state index in [0.29, 0.717) is 0 Å². The Balaban J connectivity index is -0.00000156. The minimum atomic E-state index is -0.868. The van der Waals surface area contributed by atoms with Crippen LogP contribution in [0.1, 0.15) is 33.6 Å². The van der Waals surface area contributed by atoms with Gasteiger partial charge in [-0.05, 0) is 24.3 Å². The van der Waals surface area contributed by atoms with Gasteiger partial charge in [-0.1, -0.05) is 36.4 Å². The first-order valence-electron chi connectivity index (χ1n) is 7.16. The fourth-order valence-corrected chi connectivity index (χ4v) is 1.78. The smallest absolute Gasteiger partial charge is 0.345 e. The summed E-state index contributed by atoms with van der Waals surface area (Å²) >= 11 is 0. The van der Waals surface area contributed by atoms with Crippen LogP contribution in [-0.4, -0.2) is 23.9 Å². The topological polar surface area (TPSA) is 86.7 Å². The maximum Gasteiger partial charge on any atom is 0.345 e. The van der Waals surface area contributed by atoms with Crippen LogP contribution < -0.4 is 0 Å². The van der Waals surface area contributed by atoms with Crippen molar-refractivity contribution in [3.8, 4) is 0 Å². The predicted molar refractivity (Wildman–Crippen MR) is 83.0 cm³/mol. The Labute approximate surface area is 222 Å². The Bertz CT molecular complexity index is 688. The number of hydrogen-bond acceptors (Lipinski definition) is 6. The van der Waals surface area contributed by atoms with Gasteiger partial charge >= 0.3 is 23.9 Å². The molecule has 0 fully saturated rings. The van der Waals surface area contributed by atoms with Crippen LogP contribution in [0.25, 0.3) is 0 Å². The van der Waals surface area contributed by atoms with E-state index in [1.54, 1.807) is 36.4 Å². The number of rotatable bonds is 5. The quantitative estimate of drug-likeness (QED) is 0.344. The molecule has 28 heavy (non-hydrogen) atoms. The van der Waals surface area contributed by atoms with Crippen molar-refractivity contribution in [2.24, 2.45) is 0 Å². The van der Waals surface area contributed by atoms with Gasteiger partial charge in [0.1, 0.15) is 0 Å². The van der Waals surface area contributed by atoms with E-state index >= 15 is 0 Å². The average Bonchev–Trinajstić information content (AvgIpc) is 2.61. The Hall–Kier alpha value is -0.423. The summed E-state index contributed by atoms with van der Waals surface area (Å²) in [6.45, 7) is 0. The van der Waals surface area contributed by atoms with Crippen LogP contribution in [0.4, 0.5) is 0 Å². The maximum absolute atomic E-state index is 11.6. The third-order valence-electron chi connectivity index (χ3n) is 2.97. The van der Waals surface area contributed by atoms with E-state index in [2.05, 4.69) is 9.47 Å². The third-order valence-corrected chi connectivity index (χ3v) is 2.97. The Kier molecular flexibility index (Phi) is 20.1. The number of esters is 4. The van der Waals surface area contributed by atoms with Gasteiger partial charge in [-0.2, -0.15) is 0 Å². The average molecular weight is 518 g/mol. The summed E-state index contributed by atoms with van der Waals surface area (Å²) in [5.74, 6) is -3.33. The molecule has 0 aliphatic rings. The minimum absolute atomic E-state index is 0. The van der Waals surface area contributed by atoms with Crippen LogP contribution in [0, 0.1) is 0 Å². The van der Waals surface area contributed by atoms with E-state index in [1.165, 1.54) is 24.3 Å². The van der Waals surface area contributed by atoms with Crippen molar-refractivity contribution >= 4 is 23.9 Å². The summed E-state index contributed by atoms with van der Waals surface area (Å²) < 4.78 is 9.21. The molecule has 0 atom stereocenters. The van der Waals surface area contributed by atoms with Gasteiger partial charge in [0.25, 0.3) is 0 Å². The first-order valence-corrected chi connectivity index (χ1v) is 7.16. The molecule has 0 unspecified atom stereocenters. The van der Waals surface area contributed by atoms with Crippen LogP contribution in [0.2, 0.25) is 0 Å². The standard InChI is InChI=1S/C18H14O6.4Ti/c19-15(23-17(21)13-7-3-1-4-8-13)11-12-16(20)24-18(22)14-9-5-2-6-10-14;;;;/h1-10H,11-12H2;;;;. The van der Waals surface area contributed by atoms with Crippen molar-refractivity contribution in [3.63, 3.8) is 0 Å². The van der Waals surface area contributed by atoms with Crippen LogP contribution in [0.15, 0.2) is 60.7 Å². The summed E-state index contributed by atoms with van der Waals surface area (Å²) in [5, 5.41) is 0. The molecule has 6 nitrogen and oxygen atoms in total. The van der Waals surface area contributed by atoms with Crippen LogP contribution in [0.5, 0.6) is 0 Å². The first-order chi connectivity index (χ1) is 11.6. The zero-order valence-corrected chi connectivity index (χ0v) is 20.9. The summed E-state index contributed by atoms with van der Waals surface area (Å²) in [6, 6.07) is 16.0. The molecule has 0 spiro atoms. The van der Waals surface area contributed by atoms with Crippen LogP contribution in [-0.2, 0) is 106 Å². The van der Waals surface area contributed by atoms with E-state index in [9.17, 15) is 19.2 Å². The van der Waals surface area contributed by atoms with Gasteiger partial charge in [0.2, 0.25) is 0 Å². The van der Waals surface area contributed by atoms with E-state index in [1.807, 2.05) is 0 Å². The molecule has 0 amide bonds. The molecule has 10 heteroatoms. The van der Waals surface area contributed by atoms with Crippen molar-refractivity contribution in [3.05, 3.63) is 71.8 Å². The molecule has 2 aromatic carbocycles. The predicted octanol–water partition coefficient (Wildman–Crippen LogP) is 2.52. The number of carbonyl (C=O) groups excluding carboxylic acids is 4. The van der Waals surface area contributed by atoms with Crippen LogP contribution >= 0.6 is 0 Å². The molecule has 0 aliphatic carbocycles. The van der Waals surface area contributed by atoms with Gasteiger partial charge in [-0.3, -0.25) is 9.59 Å². The van der Waals surface area contributed by atoms with Crippen molar-refractivity contribution in [1.29, 1.82) is 0 Å². The monoisotopic (exact) mass is 518 g/mol. The Morgan fingerprint density at radius 1 is 0.536 bits per heavy atom. The van der Waals surface area contributed by atoms with Crippen molar-refractivity contribution in [1.82, 2.24) is 0 Å². The van der Waals surface area contributed by atoms with Gasteiger partial charge in [0.15, 0.2) is 0 Å². The van der Waals surface area contributed by atoms with Crippen molar-refractivity contribution < 1.29 is 116 Å². The molecular weight excluding hydrogens is 504 g/mol. The second-order valence-electron chi connectivity index (χ2n) is 4.76. The second kappa shape index (κ2) is 17.4. The summed E-state index contributed by atoms with van der Waals surface area (Å²) in [7, 11) is 0. The summed E-state index contributed by atoms with van der Waals surface area (Å²) in [6.07, 6.45) is -0.723.